The number of rotatable bonds is 7. The molecular weight excluding hydrogens is 232 g/mol. The van der Waals surface area contributed by atoms with E-state index in [1.807, 2.05) is 0 Å². The molecule has 1 aliphatic carbocycles. The average molecular weight is 266 g/mol. The minimum absolute atomic E-state index is 0.750. The maximum atomic E-state index is 3.88. The van der Waals surface area contributed by atoms with E-state index in [4.69, 9.17) is 0 Å². The third-order valence-corrected chi connectivity index (χ3v) is 5.40. The molecule has 0 bridgehead atoms. The van der Waals surface area contributed by atoms with Gasteiger partial charge in [0.1, 0.15) is 0 Å². The van der Waals surface area contributed by atoms with Gasteiger partial charge in [0.05, 0.1) is 0 Å². The largest absolute Gasteiger partial charge is 0.312 e. The van der Waals surface area contributed by atoms with E-state index in [0.29, 0.717) is 0 Å². The summed E-state index contributed by atoms with van der Waals surface area (Å²) in [6, 6.07) is 1.51. The lowest BCUT2D eigenvalue weighted by Crippen LogP contribution is -2.52. The summed E-state index contributed by atoms with van der Waals surface area (Å²) in [6.45, 7) is 10.9. The maximum absolute atomic E-state index is 3.88. The van der Waals surface area contributed by atoms with Crippen LogP contribution in [0.5, 0.6) is 0 Å². The molecule has 0 aromatic rings. The first kappa shape index (κ1) is 15.3. The van der Waals surface area contributed by atoms with Crippen molar-refractivity contribution in [2.24, 2.45) is 11.8 Å². The number of hydrogen-bond acceptors (Lipinski definition) is 2. The summed E-state index contributed by atoms with van der Waals surface area (Å²) in [6.07, 6.45) is 9.85. The van der Waals surface area contributed by atoms with Crippen molar-refractivity contribution in [2.75, 3.05) is 19.6 Å². The molecule has 2 heteroatoms. The lowest BCUT2D eigenvalue weighted by atomic mass is 9.84. The monoisotopic (exact) mass is 266 g/mol. The summed E-state index contributed by atoms with van der Waals surface area (Å²) in [4.78, 5) is 2.74. The third-order valence-electron chi connectivity index (χ3n) is 5.40. The first-order valence-electron chi connectivity index (χ1n) is 8.70. The molecule has 2 fully saturated rings. The molecule has 0 spiro atoms. The Morgan fingerprint density at radius 1 is 1.16 bits per heavy atom. The Morgan fingerprint density at radius 2 is 1.95 bits per heavy atom. The molecular formula is C17H34N2. The Labute approximate surface area is 120 Å². The van der Waals surface area contributed by atoms with Crippen molar-refractivity contribution in [3.63, 3.8) is 0 Å². The van der Waals surface area contributed by atoms with Crippen LogP contribution in [0.15, 0.2) is 0 Å². The second-order valence-electron chi connectivity index (χ2n) is 7.00. The number of nitrogens with zero attached hydrogens (tertiary/aromatic N) is 1. The number of nitrogens with one attached hydrogen (secondary N) is 1. The second-order valence-corrected chi connectivity index (χ2v) is 7.00. The molecule has 112 valence electrons. The van der Waals surface area contributed by atoms with Crippen LogP contribution < -0.4 is 5.32 Å². The summed E-state index contributed by atoms with van der Waals surface area (Å²) in [5.74, 6) is 1.91. The molecule has 1 N–H and O–H groups in total. The first-order valence-corrected chi connectivity index (χ1v) is 8.70. The molecule has 2 aliphatic rings. The Kier molecular flexibility index (Phi) is 6.15. The van der Waals surface area contributed by atoms with Gasteiger partial charge in [0.2, 0.25) is 0 Å². The summed E-state index contributed by atoms with van der Waals surface area (Å²) >= 11 is 0. The SMILES string of the molecule is CCCC1CC(NCC2CCC2)CN(C(C)CC)C1. The standard InChI is InChI=1S/C17H34N2/c1-4-7-16-10-17(18-11-15-8-6-9-15)13-19(12-16)14(3)5-2/h14-18H,4-13H2,1-3H3. The van der Waals surface area contributed by atoms with Crippen LogP contribution in [0.25, 0.3) is 0 Å². The van der Waals surface area contributed by atoms with E-state index < -0.39 is 0 Å². The highest BCUT2D eigenvalue weighted by Crippen LogP contribution is 2.27. The highest BCUT2D eigenvalue weighted by molar-refractivity contribution is 4.86. The Hall–Kier alpha value is -0.0800. The van der Waals surface area contributed by atoms with Crippen LogP contribution in [0.1, 0.15) is 65.7 Å². The number of likely N-dealkylation sites (tertiary alicyclic amines) is 1. The predicted molar refractivity (Wildman–Crippen MR) is 83.5 cm³/mol. The van der Waals surface area contributed by atoms with Gasteiger partial charge in [0, 0.05) is 25.2 Å². The zero-order valence-electron chi connectivity index (χ0n) is 13.3. The molecule has 0 amide bonds. The van der Waals surface area contributed by atoms with Gasteiger partial charge in [0.25, 0.3) is 0 Å². The van der Waals surface area contributed by atoms with E-state index in [1.165, 1.54) is 64.6 Å². The van der Waals surface area contributed by atoms with Gasteiger partial charge in [-0.05, 0) is 57.4 Å². The zero-order valence-corrected chi connectivity index (χ0v) is 13.3. The van der Waals surface area contributed by atoms with Crippen LogP contribution >= 0.6 is 0 Å². The summed E-state index contributed by atoms with van der Waals surface area (Å²) in [5, 5.41) is 3.88. The average Bonchev–Trinajstić information content (AvgIpc) is 2.36. The molecule has 1 saturated carbocycles. The molecule has 3 atom stereocenters. The minimum Gasteiger partial charge on any atom is -0.312 e. The Morgan fingerprint density at radius 3 is 2.53 bits per heavy atom. The Bertz CT molecular complexity index is 250. The fourth-order valence-corrected chi connectivity index (χ4v) is 3.65. The van der Waals surface area contributed by atoms with Crippen LogP contribution in [-0.2, 0) is 0 Å². The van der Waals surface area contributed by atoms with Gasteiger partial charge >= 0.3 is 0 Å². The number of piperidine rings is 1. The van der Waals surface area contributed by atoms with Crippen LogP contribution in [0.4, 0.5) is 0 Å². The van der Waals surface area contributed by atoms with Crippen molar-refractivity contribution in [2.45, 2.75) is 77.8 Å². The predicted octanol–water partition coefficient (Wildman–Crippen LogP) is 3.67. The molecule has 1 saturated heterocycles. The van der Waals surface area contributed by atoms with Gasteiger partial charge < -0.3 is 5.32 Å². The molecule has 0 aromatic carbocycles. The van der Waals surface area contributed by atoms with E-state index in [-0.39, 0.29) is 0 Å². The molecule has 2 rings (SSSR count). The third kappa shape index (κ3) is 4.46. The highest BCUT2D eigenvalue weighted by Gasteiger charge is 2.29. The fourth-order valence-electron chi connectivity index (χ4n) is 3.65. The molecule has 19 heavy (non-hydrogen) atoms. The number of hydrogen-bond donors (Lipinski definition) is 1. The second kappa shape index (κ2) is 7.64. The van der Waals surface area contributed by atoms with Gasteiger partial charge in [0.15, 0.2) is 0 Å². The molecule has 1 aliphatic heterocycles. The molecule has 1 heterocycles. The van der Waals surface area contributed by atoms with Crippen molar-refractivity contribution in [1.29, 1.82) is 0 Å². The van der Waals surface area contributed by atoms with Crippen LogP contribution in [0, 0.1) is 11.8 Å². The lowest BCUT2D eigenvalue weighted by Gasteiger charge is -2.42. The van der Waals surface area contributed by atoms with Crippen molar-refractivity contribution >= 4 is 0 Å². The Balaban J connectivity index is 1.81. The topological polar surface area (TPSA) is 15.3 Å². The van der Waals surface area contributed by atoms with Crippen molar-refractivity contribution in [3.05, 3.63) is 0 Å². The van der Waals surface area contributed by atoms with Crippen molar-refractivity contribution < 1.29 is 0 Å². The first-order chi connectivity index (χ1) is 9.22. The summed E-state index contributed by atoms with van der Waals surface area (Å²) < 4.78 is 0. The van der Waals surface area contributed by atoms with E-state index >= 15 is 0 Å². The van der Waals surface area contributed by atoms with Gasteiger partial charge in [-0.25, -0.2) is 0 Å². The molecule has 2 nitrogen and oxygen atoms in total. The summed E-state index contributed by atoms with van der Waals surface area (Å²) in [5.41, 5.74) is 0. The van der Waals surface area contributed by atoms with Crippen LogP contribution in [0.3, 0.4) is 0 Å². The van der Waals surface area contributed by atoms with Gasteiger partial charge in [-0.3, -0.25) is 4.90 Å². The molecule has 3 unspecified atom stereocenters. The van der Waals surface area contributed by atoms with E-state index in [9.17, 15) is 0 Å². The fraction of sp³-hybridized carbons (Fsp3) is 1.00. The normalized spacial score (nSPS) is 31.1. The summed E-state index contributed by atoms with van der Waals surface area (Å²) in [7, 11) is 0. The minimum atomic E-state index is 0.750. The lowest BCUT2D eigenvalue weighted by molar-refractivity contribution is 0.0944. The van der Waals surface area contributed by atoms with E-state index in [0.717, 1.165) is 23.9 Å². The quantitative estimate of drug-likeness (QED) is 0.756. The van der Waals surface area contributed by atoms with E-state index in [2.05, 4.69) is 31.0 Å². The molecule has 0 aromatic heterocycles. The van der Waals surface area contributed by atoms with Gasteiger partial charge in [-0.1, -0.05) is 26.7 Å². The maximum Gasteiger partial charge on any atom is 0.0198 e. The van der Waals surface area contributed by atoms with Gasteiger partial charge in [-0.15, -0.1) is 0 Å². The molecule has 0 radical (unpaired) electrons. The van der Waals surface area contributed by atoms with Crippen LogP contribution in [-0.4, -0.2) is 36.6 Å². The highest BCUT2D eigenvalue weighted by atomic mass is 15.2. The smallest absolute Gasteiger partial charge is 0.0198 e. The van der Waals surface area contributed by atoms with Crippen molar-refractivity contribution in [1.82, 2.24) is 10.2 Å². The van der Waals surface area contributed by atoms with Crippen molar-refractivity contribution in [3.8, 4) is 0 Å². The van der Waals surface area contributed by atoms with Gasteiger partial charge in [-0.2, -0.15) is 0 Å². The zero-order chi connectivity index (χ0) is 13.7. The van der Waals surface area contributed by atoms with E-state index in [1.54, 1.807) is 0 Å². The van der Waals surface area contributed by atoms with Crippen LogP contribution in [0.2, 0.25) is 0 Å².